The van der Waals surface area contributed by atoms with Gasteiger partial charge in [0.2, 0.25) is 0 Å². The third kappa shape index (κ3) is 2.49. The van der Waals surface area contributed by atoms with Gasteiger partial charge in [-0.15, -0.1) is 0 Å². The van der Waals surface area contributed by atoms with Crippen LogP contribution >= 0.6 is 11.6 Å². The van der Waals surface area contributed by atoms with Crippen molar-refractivity contribution in [1.82, 2.24) is 9.78 Å². The summed E-state index contributed by atoms with van der Waals surface area (Å²) in [5.41, 5.74) is 0. The van der Waals surface area contributed by atoms with Crippen LogP contribution in [0, 0.1) is 0 Å². The maximum atomic E-state index is 10.6. The molecule has 0 amide bonds. The Kier molecular flexibility index (Phi) is 2.93. The molecular weight excluding hydrogens is 220 g/mol. The van der Waals surface area contributed by atoms with Gasteiger partial charge in [0.1, 0.15) is 0 Å². The Balaban J connectivity index is 1.90. The summed E-state index contributed by atoms with van der Waals surface area (Å²) in [6.07, 6.45) is 3.80. The molecule has 1 saturated heterocycles. The molecule has 5 nitrogen and oxygen atoms in total. The first-order valence-corrected chi connectivity index (χ1v) is 5.09. The number of carboxylic acids is 1. The van der Waals surface area contributed by atoms with E-state index in [0.717, 1.165) is 6.42 Å². The summed E-state index contributed by atoms with van der Waals surface area (Å²) in [5.74, 6) is -0.893. The second-order valence-electron chi connectivity index (χ2n) is 3.54. The first-order valence-electron chi connectivity index (χ1n) is 4.71. The van der Waals surface area contributed by atoms with Crippen molar-refractivity contribution in [1.29, 1.82) is 0 Å². The number of ether oxygens (including phenoxy) is 1. The Bertz CT molecular complexity index is 366. The minimum atomic E-state index is -0.893. The van der Waals surface area contributed by atoms with Crippen molar-refractivity contribution >= 4 is 17.6 Å². The number of hydrogen-bond donors (Lipinski definition) is 1. The maximum absolute atomic E-state index is 10.6. The van der Waals surface area contributed by atoms with Gasteiger partial charge in [-0.25, -0.2) is 4.79 Å². The molecular formula is C9H11ClN2O3. The highest BCUT2D eigenvalue weighted by Crippen LogP contribution is 2.21. The van der Waals surface area contributed by atoms with E-state index in [1.807, 2.05) is 0 Å². The van der Waals surface area contributed by atoms with Crippen LogP contribution in [0.4, 0.5) is 0 Å². The quantitative estimate of drug-likeness (QED) is 0.847. The highest BCUT2D eigenvalue weighted by atomic mass is 35.5. The van der Waals surface area contributed by atoms with Crippen molar-refractivity contribution in [2.24, 2.45) is 0 Å². The summed E-state index contributed by atoms with van der Waals surface area (Å²) in [7, 11) is 0. The molecule has 2 unspecified atom stereocenters. The van der Waals surface area contributed by atoms with Gasteiger partial charge in [0.05, 0.1) is 23.9 Å². The predicted molar refractivity (Wildman–Crippen MR) is 52.8 cm³/mol. The van der Waals surface area contributed by atoms with Gasteiger partial charge in [-0.1, -0.05) is 11.6 Å². The van der Waals surface area contributed by atoms with E-state index >= 15 is 0 Å². The zero-order valence-electron chi connectivity index (χ0n) is 7.97. The summed E-state index contributed by atoms with van der Waals surface area (Å²) in [6.45, 7) is 0.552. The smallest absolute Gasteiger partial charge is 0.332 e. The van der Waals surface area contributed by atoms with Crippen LogP contribution in [0.2, 0.25) is 5.02 Å². The predicted octanol–water partition coefficient (Wildman–Crippen LogP) is 1.17. The highest BCUT2D eigenvalue weighted by molar-refractivity contribution is 6.30. The number of nitrogens with zero attached hydrogens (tertiary/aromatic N) is 2. The fourth-order valence-corrected chi connectivity index (χ4v) is 1.82. The van der Waals surface area contributed by atoms with E-state index in [1.54, 1.807) is 17.1 Å². The Morgan fingerprint density at radius 2 is 2.53 bits per heavy atom. The third-order valence-electron chi connectivity index (χ3n) is 2.38. The molecule has 1 aromatic heterocycles. The average Bonchev–Trinajstić information content (AvgIpc) is 2.76. The second-order valence-corrected chi connectivity index (χ2v) is 3.98. The molecule has 2 atom stereocenters. The van der Waals surface area contributed by atoms with Crippen LogP contribution in [0.25, 0.3) is 0 Å². The van der Waals surface area contributed by atoms with Gasteiger partial charge < -0.3 is 9.84 Å². The van der Waals surface area contributed by atoms with Gasteiger partial charge in [-0.2, -0.15) is 5.10 Å². The number of aromatic nitrogens is 2. The molecule has 1 N–H and O–H groups in total. The van der Waals surface area contributed by atoms with Crippen LogP contribution < -0.4 is 0 Å². The Labute approximate surface area is 91.6 Å². The SMILES string of the molecule is O=C(O)C1CCC(Cn2cc(Cl)cn2)O1. The number of hydrogen-bond acceptors (Lipinski definition) is 3. The Morgan fingerprint density at radius 1 is 1.73 bits per heavy atom. The summed E-state index contributed by atoms with van der Waals surface area (Å²) in [6, 6.07) is 0. The van der Waals surface area contributed by atoms with Gasteiger partial charge in [0.25, 0.3) is 0 Å². The van der Waals surface area contributed by atoms with Gasteiger partial charge in [-0.05, 0) is 12.8 Å². The number of rotatable bonds is 3. The zero-order chi connectivity index (χ0) is 10.8. The third-order valence-corrected chi connectivity index (χ3v) is 2.57. The lowest BCUT2D eigenvalue weighted by Crippen LogP contribution is -2.23. The molecule has 0 bridgehead atoms. The van der Waals surface area contributed by atoms with E-state index in [4.69, 9.17) is 21.4 Å². The molecule has 0 radical (unpaired) electrons. The topological polar surface area (TPSA) is 64.3 Å². The Morgan fingerprint density at radius 3 is 3.07 bits per heavy atom. The van der Waals surface area contributed by atoms with E-state index in [0.29, 0.717) is 18.0 Å². The molecule has 1 fully saturated rings. The van der Waals surface area contributed by atoms with Crippen LogP contribution in [0.15, 0.2) is 12.4 Å². The van der Waals surface area contributed by atoms with Crippen molar-refractivity contribution in [2.75, 3.05) is 0 Å². The fraction of sp³-hybridized carbons (Fsp3) is 0.556. The van der Waals surface area contributed by atoms with Gasteiger partial charge >= 0.3 is 5.97 Å². The average molecular weight is 231 g/mol. The number of aliphatic carboxylic acids is 1. The summed E-state index contributed by atoms with van der Waals surface area (Å²) in [5, 5.41) is 13.3. The van der Waals surface area contributed by atoms with E-state index in [2.05, 4.69) is 5.10 Å². The molecule has 1 aliphatic rings. The van der Waals surface area contributed by atoms with Gasteiger partial charge in [-0.3, -0.25) is 4.68 Å². The van der Waals surface area contributed by atoms with Crippen molar-refractivity contribution in [3.8, 4) is 0 Å². The van der Waals surface area contributed by atoms with Crippen LogP contribution in [0.1, 0.15) is 12.8 Å². The van der Waals surface area contributed by atoms with Crippen molar-refractivity contribution < 1.29 is 14.6 Å². The van der Waals surface area contributed by atoms with E-state index in [9.17, 15) is 4.79 Å². The molecule has 2 heterocycles. The van der Waals surface area contributed by atoms with Crippen LogP contribution in [-0.4, -0.2) is 33.1 Å². The number of carboxylic acid groups (broad SMARTS) is 1. The van der Waals surface area contributed by atoms with Crippen LogP contribution in [0.3, 0.4) is 0 Å². The largest absolute Gasteiger partial charge is 0.479 e. The molecule has 82 valence electrons. The molecule has 0 aliphatic carbocycles. The lowest BCUT2D eigenvalue weighted by atomic mass is 10.2. The van der Waals surface area contributed by atoms with Crippen LogP contribution in [-0.2, 0) is 16.1 Å². The molecule has 1 aliphatic heterocycles. The normalized spacial score (nSPS) is 25.7. The van der Waals surface area contributed by atoms with Crippen molar-refractivity contribution in [2.45, 2.75) is 31.6 Å². The summed E-state index contributed by atoms with van der Waals surface area (Å²) in [4.78, 5) is 10.6. The number of carbonyl (C=O) groups is 1. The van der Waals surface area contributed by atoms with E-state index in [-0.39, 0.29) is 6.10 Å². The molecule has 2 rings (SSSR count). The molecule has 0 spiro atoms. The van der Waals surface area contributed by atoms with Crippen LogP contribution in [0.5, 0.6) is 0 Å². The van der Waals surface area contributed by atoms with Crippen molar-refractivity contribution in [3.05, 3.63) is 17.4 Å². The molecule has 1 aromatic rings. The molecule has 15 heavy (non-hydrogen) atoms. The van der Waals surface area contributed by atoms with Crippen molar-refractivity contribution in [3.63, 3.8) is 0 Å². The second kappa shape index (κ2) is 4.20. The number of halogens is 1. The van der Waals surface area contributed by atoms with E-state index < -0.39 is 12.1 Å². The first kappa shape index (κ1) is 10.4. The lowest BCUT2D eigenvalue weighted by molar-refractivity contribution is -0.149. The monoisotopic (exact) mass is 230 g/mol. The molecule has 0 saturated carbocycles. The van der Waals surface area contributed by atoms with Gasteiger partial charge in [0.15, 0.2) is 6.10 Å². The Hall–Kier alpha value is -1.07. The maximum Gasteiger partial charge on any atom is 0.332 e. The minimum Gasteiger partial charge on any atom is -0.479 e. The highest BCUT2D eigenvalue weighted by Gasteiger charge is 2.30. The summed E-state index contributed by atoms with van der Waals surface area (Å²) < 4.78 is 7.00. The molecule has 6 heteroatoms. The van der Waals surface area contributed by atoms with Gasteiger partial charge in [0, 0.05) is 6.20 Å². The first-order chi connectivity index (χ1) is 7.15. The van der Waals surface area contributed by atoms with E-state index in [1.165, 1.54) is 0 Å². The minimum absolute atomic E-state index is 0.0814. The lowest BCUT2D eigenvalue weighted by Gasteiger charge is -2.10. The fourth-order valence-electron chi connectivity index (χ4n) is 1.67. The molecule has 0 aromatic carbocycles. The summed E-state index contributed by atoms with van der Waals surface area (Å²) >= 11 is 5.71. The standard InChI is InChI=1S/C9H11ClN2O3/c10-6-3-11-12(4-6)5-7-1-2-8(15-7)9(13)14/h3-4,7-8H,1-2,5H2,(H,13,14). The zero-order valence-corrected chi connectivity index (χ0v) is 8.72.